The smallest absolute Gasteiger partial charge is 0.343 e. The van der Waals surface area contributed by atoms with Gasteiger partial charge in [-0.25, -0.2) is 4.79 Å². The van der Waals surface area contributed by atoms with Crippen molar-refractivity contribution in [2.75, 3.05) is 20.3 Å². The summed E-state index contributed by atoms with van der Waals surface area (Å²) in [5.41, 5.74) is 8.27. The summed E-state index contributed by atoms with van der Waals surface area (Å²) in [5.74, 6) is 1.47. The number of hydrogen-bond acceptors (Lipinski definition) is 8. The van der Waals surface area contributed by atoms with Crippen molar-refractivity contribution in [2.24, 2.45) is 5.73 Å². The Morgan fingerprint density at radius 2 is 1.76 bits per heavy atom. The third-order valence-corrected chi connectivity index (χ3v) is 5.78. The monoisotopic (exact) mass is 500 g/mol. The van der Waals surface area contributed by atoms with Crippen LogP contribution in [0.15, 0.2) is 72.1 Å². The minimum absolute atomic E-state index is 0.0148. The maximum absolute atomic E-state index is 12.7. The lowest BCUT2D eigenvalue weighted by Gasteiger charge is -2.27. The van der Waals surface area contributed by atoms with Crippen molar-refractivity contribution < 1.29 is 28.5 Å². The van der Waals surface area contributed by atoms with E-state index in [-0.39, 0.29) is 17.2 Å². The number of nitrogens with zero attached hydrogens (tertiary/aromatic N) is 1. The van der Waals surface area contributed by atoms with Gasteiger partial charge in [0.25, 0.3) is 0 Å². The first-order chi connectivity index (χ1) is 18.0. The molecular weight excluding hydrogens is 472 g/mol. The van der Waals surface area contributed by atoms with Crippen LogP contribution in [0.25, 0.3) is 0 Å². The molecule has 190 valence electrons. The average molecular weight is 501 g/mol. The van der Waals surface area contributed by atoms with E-state index < -0.39 is 11.9 Å². The summed E-state index contributed by atoms with van der Waals surface area (Å²) in [6, 6.07) is 19.4. The third kappa shape index (κ3) is 5.46. The maximum atomic E-state index is 12.7. The number of rotatable bonds is 9. The Kier molecular flexibility index (Phi) is 7.84. The number of benzene rings is 3. The largest absolute Gasteiger partial charge is 0.494 e. The van der Waals surface area contributed by atoms with Gasteiger partial charge in [0.15, 0.2) is 11.5 Å². The van der Waals surface area contributed by atoms with Gasteiger partial charge in [0.05, 0.1) is 31.8 Å². The van der Waals surface area contributed by atoms with Gasteiger partial charge in [-0.1, -0.05) is 19.1 Å². The summed E-state index contributed by atoms with van der Waals surface area (Å²) in [7, 11) is 1.56. The van der Waals surface area contributed by atoms with Crippen LogP contribution in [0.4, 0.5) is 0 Å². The number of esters is 1. The number of carbonyl (C=O) groups excluding carboxylic acids is 1. The standard InChI is InChI=1S/C29H28N2O6/c1-4-14-35-20-9-6-18(7-10-20)29(32)36-21-11-12-22-25(16-21)37-28(31)23(17-30)27(22)19-8-13-24(34-5-2)26(15-19)33-3/h6-13,15-16,27H,4-5,14,31H2,1-3H3. The van der Waals surface area contributed by atoms with Gasteiger partial charge in [-0.2, -0.15) is 5.26 Å². The van der Waals surface area contributed by atoms with E-state index in [4.69, 9.17) is 29.4 Å². The molecule has 4 rings (SSSR count). The first-order valence-electron chi connectivity index (χ1n) is 12.0. The van der Waals surface area contributed by atoms with Crippen LogP contribution in [0.3, 0.4) is 0 Å². The molecule has 0 saturated heterocycles. The molecule has 1 heterocycles. The molecule has 0 aromatic heterocycles. The zero-order chi connectivity index (χ0) is 26.4. The van der Waals surface area contributed by atoms with Gasteiger partial charge >= 0.3 is 5.97 Å². The second-order valence-corrected chi connectivity index (χ2v) is 8.23. The van der Waals surface area contributed by atoms with Gasteiger partial charge < -0.3 is 29.4 Å². The molecule has 0 saturated carbocycles. The predicted molar refractivity (Wildman–Crippen MR) is 137 cm³/mol. The topological polar surface area (TPSA) is 113 Å². The molecule has 37 heavy (non-hydrogen) atoms. The van der Waals surface area contributed by atoms with Crippen molar-refractivity contribution in [3.8, 4) is 34.8 Å². The summed E-state index contributed by atoms with van der Waals surface area (Å²) in [5, 5.41) is 9.85. The second-order valence-electron chi connectivity index (χ2n) is 8.23. The molecule has 0 spiro atoms. The Hall–Kier alpha value is -4.64. The van der Waals surface area contributed by atoms with E-state index in [1.807, 2.05) is 26.0 Å². The van der Waals surface area contributed by atoms with Gasteiger partial charge in [-0.05, 0) is 61.4 Å². The van der Waals surface area contributed by atoms with Gasteiger partial charge in [0.1, 0.15) is 28.9 Å². The Bertz CT molecular complexity index is 1360. The van der Waals surface area contributed by atoms with Crippen LogP contribution in [-0.2, 0) is 0 Å². The summed E-state index contributed by atoms with van der Waals surface area (Å²) < 4.78 is 28.0. The van der Waals surface area contributed by atoms with E-state index in [2.05, 4.69) is 6.07 Å². The molecule has 0 aliphatic carbocycles. The second kappa shape index (κ2) is 11.4. The Morgan fingerprint density at radius 1 is 1.00 bits per heavy atom. The maximum Gasteiger partial charge on any atom is 0.343 e. The molecule has 8 heteroatoms. The van der Waals surface area contributed by atoms with E-state index in [0.717, 1.165) is 12.0 Å². The number of hydrogen-bond donors (Lipinski definition) is 1. The zero-order valence-electron chi connectivity index (χ0n) is 20.9. The fourth-order valence-electron chi connectivity index (χ4n) is 4.05. The van der Waals surface area contributed by atoms with Crippen LogP contribution in [0, 0.1) is 11.3 Å². The number of allylic oxidation sites excluding steroid dienone is 1. The van der Waals surface area contributed by atoms with Crippen molar-refractivity contribution in [2.45, 2.75) is 26.2 Å². The Labute approximate surface area is 215 Å². The van der Waals surface area contributed by atoms with Crippen LogP contribution >= 0.6 is 0 Å². The molecule has 0 bridgehead atoms. The predicted octanol–water partition coefficient (Wildman–Crippen LogP) is 5.32. The highest BCUT2D eigenvalue weighted by Crippen LogP contribution is 2.45. The van der Waals surface area contributed by atoms with Crippen molar-refractivity contribution in [3.05, 3.63) is 88.8 Å². The van der Waals surface area contributed by atoms with Crippen molar-refractivity contribution in [1.29, 1.82) is 5.26 Å². The van der Waals surface area contributed by atoms with Crippen LogP contribution in [0.5, 0.6) is 28.7 Å². The normalized spacial score (nSPS) is 14.2. The lowest BCUT2D eigenvalue weighted by molar-refractivity contribution is 0.0734. The molecule has 2 N–H and O–H groups in total. The third-order valence-electron chi connectivity index (χ3n) is 5.78. The number of nitrogens with two attached hydrogens (primary N) is 1. The van der Waals surface area contributed by atoms with Crippen molar-refractivity contribution in [3.63, 3.8) is 0 Å². The molecule has 3 aromatic rings. The zero-order valence-corrected chi connectivity index (χ0v) is 20.9. The van der Waals surface area contributed by atoms with E-state index >= 15 is 0 Å². The highest BCUT2D eigenvalue weighted by molar-refractivity contribution is 5.91. The molecule has 0 fully saturated rings. The van der Waals surface area contributed by atoms with Gasteiger partial charge in [-0.15, -0.1) is 0 Å². The van der Waals surface area contributed by atoms with Gasteiger partial charge in [-0.3, -0.25) is 0 Å². The van der Waals surface area contributed by atoms with E-state index in [1.54, 1.807) is 55.6 Å². The molecule has 1 atom stereocenters. The lowest BCUT2D eigenvalue weighted by atomic mass is 9.83. The van der Waals surface area contributed by atoms with Crippen molar-refractivity contribution in [1.82, 2.24) is 0 Å². The number of methoxy groups -OCH3 is 1. The van der Waals surface area contributed by atoms with Crippen molar-refractivity contribution >= 4 is 5.97 Å². The first-order valence-corrected chi connectivity index (χ1v) is 12.0. The summed E-state index contributed by atoms with van der Waals surface area (Å²) >= 11 is 0. The van der Waals surface area contributed by atoms with Crippen LogP contribution in [0.2, 0.25) is 0 Å². The Balaban J connectivity index is 1.62. The minimum Gasteiger partial charge on any atom is -0.494 e. The van der Waals surface area contributed by atoms with E-state index in [1.165, 1.54) is 0 Å². The van der Waals surface area contributed by atoms with Crippen LogP contribution in [-0.4, -0.2) is 26.3 Å². The molecule has 3 aromatic carbocycles. The SMILES string of the molecule is CCCOc1ccc(C(=O)Oc2ccc3c(c2)OC(N)=C(C#N)C3c2ccc(OCC)c(OC)c2)cc1. The summed E-state index contributed by atoms with van der Waals surface area (Å²) in [6.07, 6.45) is 0.896. The molecule has 0 radical (unpaired) electrons. The minimum atomic E-state index is -0.521. The molecular formula is C29H28N2O6. The molecule has 1 aliphatic rings. The van der Waals surface area contributed by atoms with Crippen LogP contribution in [0.1, 0.15) is 47.7 Å². The molecule has 1 aliphatic heterocycles. The van der Waals surface area contributed by atoms with E-state index in [0.29, 0.717) is 47.3 Å². The summed E-state index contributed by atoms with van der Waals surface area (Å²) in [4.78, 5) is 12.7. The lowest BCUT2D eigenvalue weighted by Crippen LogP contribution is -2.21. The number of ether oxygens (including phenoxy) is 5. The number of fused-ring (bicyclic) bond motifs is 1. The van der Waals surface area contributed by atoms with Gasteiger partial charge in [0.2, 0.25) is 5.88 Å². The first kappa shape index (κ1) is 25.5. The Morgan fingerprint density at radius 3 is 2.43 bits per heavy atom. The highest BCUT2D eigenvalue weighted by Gasteiger charge is 2.31. The molecule has 0 amide bonds. The number of nitriles is 1. The van der Waals surface area contributed by atoms with Gasteiger partial charge in [0, 0.05) is 11.6 Å². The quantitative estimate of drug-likeness (QED) is 0.310. The average Bonchev–Trinajstić information content (AvgIpc) is 2.91. The fraction of sp³-hybridized carbons (Fsp3) is 0.241. The van der Waals surface area contributed by atoms with Crippen LogP contribution < -0.4 is 29.4 Å². The molecule has 8 nitrogen and oxygen atoms in total. The fourth-order valence-corrected chi connectivity index (χ4v) is 4.05. The van der Waals surface area contributed by atoms with E-state index in [9.17, 15) is 10.1 Å². The summed E-state index contributed by atoms with van der Waals surface area (Å²) in [6.45, 7) is 5.01. The molecule has 1 unspecified atom stereocenters. The highest BCUT2D eigenvalue weighted by atomic mass is 16.5. The number of carbonyl (C=O) groups is 1.